The number of ether oxygens (including phenoxy) is 1. The molecule has 92 valence electrons. The Bertz CT molecular complexity index is 423. The summed E-state index contributed by atoms with van der Waals surface area (Å²) < 4.78 is 6.36. The molecule has 3 nitrogen and oxygen atoms in total. The fraction of sp³-hybridized carbons (Fsp3) is 0.417. The van der Waals surface area contributed by atoms with Gasteiger partial charge in [0.15, 0.2) is 6.61 Å². The Morgan fingerprint density at radius 2 is 2.18 bits per heavy atom. The highest BCUT2D eigenvalue weighted by Gasteiger charge is 2.24. The van der Waals surface area contributed by atoms with Gasteiger partial charge in [0.05, 0.1) is 5.69 Å². The summed E-state index contributed by atoms with van der Waals surface area (Å²) in [4.78, 5) is 13.6. The van der Waals surface area contributed by atoms with Crippen molar-refractivity contribution in [2.45, 2.75) is 12.8 Å². The van der Waals surface area contributed by atoms with E-state index in [0.29, 0.717) is 0 Å². The number of nitrogens with zero attached hydrogens (tertiary/aromatic N) is 1. The molecule has 1 aliphatic heterocycles. The van der Waals surface area contributed by atoms with Crippen LogP contribution >= 0.6 is 31.9 Å². The summed E-state index contributed by atoms with van der Waals surface area (Å²) in [6, 6.07) is 5.75. The van der Waals surface area contributed by atoms with Crippen molar-refractivity contribution in [2.75, 3.05) is 23.4 Å². The van der Waals surface area contributed by atoms with Gasteiger partial charge in [0.1, 0.15) is 5.75 Å². The number of alkyl halides is 1. The number of fused-ring (bicyclic) bond motifs is 1. The monoisotopic (exact) mass is 361 g/mol. The van der Waals surface area contributed by atoms with Crippen LogP contribution in [0.25, 0.3) is 0 Å². The lowest BCUT2D eigenvalue weighted by Crippen LogP contribution is -2.39. The third kappa shape index (κ3) is 3.01. The predicted molar refractivity (Wildman–Crippen MR) is 75.0 cm³/mol. The van der Waals surface area contributed by atoms with Crippen molar-refractivity contribution in [3.05, 3.63) is 22.7 Å². The number of carbonyl (C=O) groups is 1. The number of benzene rings is 1. The lowest BCUT2D eigenvalue weighted by molar-refractivity contribution is -0.121. The number of amides is 1. The molecule has 0 radical (unpaired) electrons. The first-order valence-electron chi connectivity index (χ1n) is 5.51. The second kappa shape index (κ2) is 5.87. The summed E-state index contributed by atoms with van der Waals surface area (Å²) >= 11 is 6.82. The summed E-state index contributed by atoms with van der Waals surface area (Å²) in [6.45, 7) is 0.889. The van der Waals surface area contributed by atoms with Crippen LogP contribution in [0.4, 0.5) is 5.69 Å². The van der Waals surface area contributed by atoms with Crippen LogP contribution in [-0.2, 0) is 4.79 Å². The van der Waals surface area contributed by atoms with Gasteiger partial charge in [0, 0.05) is 16.3 Å². The number of anilines is 1. The third-order valence-corrected chi connectivity index (χ3v) is 3.68. The maximum atomic E-state index is 11.8. The molecule has 1 aliphatic rings. The molecule has 17 heavy (non-hydrogen) atoms. The van der Waals surface area contributed by atoms with Gasteiger partial charge in [-0.15, -0.1) is 0 Å². The first kappa shape index (κ1) is 12.9. The molecule has 5 heteroatoms. The number of hydrogen-bond donors (Lipinski definition) is 0. The Hall–Kier alpha value is -0.550. The molecule has 0 aromatic heterocycles. The van der Waals surface area contributed by atoms with E-state index in [9.17, 15) is 4.79 Å². The van der Waals surface area contributed by atoms with Crippen molar-refractivity contribution in [3.63, 3.8) is 0 Å². The molecule has 0 spiro atoms. The molecular formula is C12H13Br2NO2. The van der Waals surface area contributed by atoms with Crippen LogP contribution in [0.2, 0.25) is 0 Å². The number of halogens is 2. The molecule has 0 saturated carbocycles. The van der Waals surface area contributed by atoms with Crippen molar-refractivity contribution in [3.8, 4) is 5.75 Å². The van der Waals surface area contributed by atoms with E-state index in [2.05, 4.69) is 31.9 Å². The number of unbranched alkanes of at least 4 members (excludes halogenated alkanes) is 1. The molecule has 2 rings (SSSR count). The summed E-state index contributed by atoms with van der Waals surface area (Å²) in [5, 5.41) is 0.969. The molecule has 0 fully saturated rings. The van der Waals surface area contributed by atoms with Gasteiger partial charge < -0.3 is 9.64 Å². The molecule has 1 amide bonds. The van der Waals surface area contributed by atoms with E-state index < -0.39 is 0 Å². The molecule has 0 saturated heterocycles. The Kier molecular flexibility index (Phi) is 4.45. The second-order valence-corrected chi connectivity index (χ2v) is 5.55. The zero-order valence-corrected chi connectivity index (χ0v) is 12.5. The highest BCUT2D eigenvalue weighted by atomic mass is 79.9. The fourth-order valence-corrected chi connectivity index (χ4v) is 2.53. The summed E-state index contributed by atoms with van der Waals surface area (Å²) in [5.74, 6) is 0.816. The van der Waals surface area contributed by atoms with Crippen LogP contribution < -0.4 is 9.64 Å². The molecule has 1 aromatic rings. The smallest absolute Gasteiger partial charge is 0.265 e. The minimum absolute atomic E-state index is 0.0326. The van der Waals surface area contributed by atoms with Crippen LogP contribution in [0.5, 0.6) is 5.75 Å². The normalized spacial score (nSPS) is 14.5. The van der Waals surface area contributed by atoms with Crippen LogP contribution in [-0.4, -0.2) is 24.4 Å². The fourth-order valence-electron chi connectivity index (χ4n) is 1.78. The van der Waals surface area contributed by atoms with E-state index in [0.717, 1.165) is 40.6 Å². The first-order valence-corrected chi connectivity index (χ1v) is 7.42. The van der Waals surface area contributed by atoms with Gasteiger partial charge in [-0.1, -0.05) is 31.9 Å². The summed E-state index contributed by atoms with van der Waals surface area (Å²) in [5.41, 5.74) is 0.866. The van der Waals surface area contributed by atoms with E-state index in [4.69, 9.17) is 4.74 Å². The van der Waals surface area contributed by atoms with Gasteiger partial charge >= 0.3 is 0 Å². The van der Waals surface area contributed by atoms with E-state index >= 15 is 0 Å². The van der Waals surface area contributed by atoms with Gasteiger partial charge in [-0.2, -0.15) is 0 Å². The topological polar surface area (TPSA) is 29.5 Å². The minimum Gasteiger partial charge on any atom is -0.482 e. The van der Waals surface area contributed by atoms with Crippen LogP contribution in [0.3, 0.4) is 0 Å². The predicted octanol–water partition coefficient (Wildman–Crippen LogP) is 3.35. The van der Waals surface area contributed by atoms with Crippen molar-refractivity contribution < 1.29 is 9.53 Å². The Morgan fingerprint density at radius 3 is 2.94 bits per heavy atom. The highest BCUT2D eigenvalue weighted by Crippen LogP contribution is 2.34. The average molecular weight is 363 g/mol. The van der Waals surface area contributed by atoms with E-state index in [1.807, 2.05) is 23.1 Å². The summed E-state index contributed by atoms with van der Waals surface area (Å²) in [6.07, 6.45) is 2.05. The van der Waals surface area contributed by atoms with Crippen molar-refractivity contribution in [2.24, 2.45) is 0 Å². The van der Waals surface area contributed by atoms with Crippen LogP contribution in [0.1, 0.15) is 12.8 Å². The molecule has 0 bridgehead atoms. The largest absolute Gasteiger partial charge is 0.482 e. The third-order valence-electron chi connectivity index (χ3n) is 2.63. The van der Waals surface area contributed by atoms with Crippen molar-refractivity contribution >= 4 is 43.5 Å². The average Bonchev–Trinajstić information content (AvgIpc) is 2.32. The molecule has 1 heterocycles. The molecular weight excluding hydrogens is 350 g/mol. The second-order valence-electron chi connectivity index (χ2n) is 3.84. The lowest BCUT2D eigenvalue weighted by Gasteiger charge is -2.29. The van der Waals surface area contributed by atoms with Gasteiger partial charge in [0.2, 0.25) is 0 Å². The molecule has 1 aromatic carbocycles. The van der Waals surface area contributed by atoms with Gasteiger partial charge in [-0.25, -0.2) is 0 Å². The maximum absolute atomic E-state index is 11.8. The minimum atomic E-state index is 0.0326. The molecule has 0 N–H and O–H groups in total. The Morgan fingerprint density at radius 1 is 1.35 bits per heavy atom. The van der Waals surface area contributed by atoms with Crippen molar-refractivity contribution in [1.29, 1.82) is 0 Å². The number of rotatable bonds is 4. The van der Waals surface area contributed by atoms with E-state index in [-0.39, 0.29) is 12.5 Å². The van der Waals surface area contributed by atoms with Crippen LogP contribution in [0, 0.1) is 0 Å². The van der Waals surface area contributed by atoms with Crippen molar-refractivity contribution in [1.82, 2.24) is 0 Å². The quantitative estimate of drug-likeness (QED) is 0.607. The van der Waals surface area contributed by atoms with Gasteiger partial charge in [0.25, 0.3) is 5.91 Å². The first-order chi connectivity index (χ1) is 8.22. The zero-order chi connectivity index (χ0) is 12.3. The van der Waals surface area contributed by atoms with Gasteiger partial charge in [-0.3, -0.25) is 4.79 Å². The summed E-state index contributed by atoms with van der Waals surface area (Å²) in [7, 11) is 0. The van der Waals surface area contributed by atoms with E-state index in [1.54, 1.807) is 0 Å². The van der Waals surface area contributed by atoms with Gasteiger partial charge in [-0.05, 0) is 31.0 Å². The van der Waals surface area contributed by atoms with Crippen LogP contribution in [0.15, 0.2) is 22.7 Å². The Balaban J connectivity index is 2.20. The molecule has 0 atom stereocenters. The lowest BCUT2D eigenvalue weighted by atomic mass is 10.2. The number of hydrogen-bond acceptors (Lipinski definition) is 2. The zero-order valence-electron chi connectivity index (χ0n) is 9.29. The number of carbonyl (C=O) groups excluding carboxylic acids is 1. The SMILES string of the molecule is O=C1COc2ccc(Br)cc2N1CCCCBr. The Labute approximate surface area is 117 Å². The maximum Gasteiger partial charge on any atom is 0.265 e. The highest BCUT2D eigenvalue weighted by molar-refractivity contribution is 9.10. The standard InChI is InChI=1S/C12H13Br2NO2/c13-5-1-2-6-15-10-7-9(14)3-4-11(10)17-8-12(15)16/h3-4,7H,1-2,5-6,8H2. The molecule has 0 aliphatic carbocycles. The molecule has 0 unspecified atom stereocenters. The van der Waals surface area contributed by atoms with E-state index in [1.165, 1.54) is 0 Å².